The van der Waals surface area contributed by atoms with E-state index in [1.807, 2.05) is 0 Å². The van der Waals surface area contributed by atoms with E-state index >= 15 is 0 Å². The molecule has 0 aromatic heterocycles. The number of carbonyl (C=O) groups excluding carboxylic acids is 4. The number of ether oxygens (including phenoxy) is 4. The minimum atomic E-state index is -4.96. The lowest BCUT2D eigenvalue weighted by Crippen LogP contribution is -2.30. The van der Waals surface area contributed by atoms with Crippen LogP contribution >= 0.6 is 15.6 Å². The summed E-state index contributed by atoms with van der Waals surface area (Å²) in [5.74, 6) is 0.264. The Kier molecular flexibility index (Phi) is 68.1. The summed E-state index contributed by atoms with van der Waals surface area (Å²) in [4.78, 5) is 72.9. The lowest BCUT2D eigenvalue weighted by atomic mass is 9.99. The number of carbonyl (C=O) groups is 4. The molecular formula is C79H154O17P2. The van der Waals surface area contributed by atoms with Gasteiger partial charge in [0.05, 0.1) is 26.4 Å². The zero-order valence-corrected chi connectivity index (χ0v) is 66.0. The van der Waals surface area contributed by atoms with Crippen molar-refractivity contribution in [3.05, 3.63) is 0 Å². The molecule has 0 aromatic rings. The number of phosphoric ester groups is 2. The molecule has 0 aliphatic carbocycles. The number of phosphoric acid groups is 2. The molecule has 0 radical (unpaired) electrons. The largest absolute Gasteiger partial charge is 0.472 e. The van der Waals surface area contributed by atoms with Crippen LogP contribution in [0.1, 0.15) is 408 Å². The molecule has 3 N–H and O–H groups in total. The SMILES string of the molecule is CCCCCCCCCCCCC(=O)OC[C@H](COP(=O)(O)OC[C@H](O)COP(=O)(O)OC[C@@H](COC(=O)CCCCCCCCCCCCCCCCCC(C)C)OC(=O)CCCCCCCCCCCCCCCCCC(C)C)OC(=O)CCCCCCCCCCC(C)CC. The van der Waals surface area contributed by atoms with Crippen molar-refractivity contribution in [3.8, 4) is 0 Å². The minimum Gasteiger partial charge on any atom is -0.462 e. The summed E-state index contributed by atoms with van der Waals surface area (Å²) >= 11 is 0. The first-order valence-electron chi connectivity index (χ1n) is 40.9. The Bertz CT molecular complexity index is 1910. The Labute approximate surface area is 600 Å². The lowest BCUT2D eigenvalue weighted by Gasteiger charge is -2.21. The molecule has 582 valence electrons. The molecule has 0 amide bonds. The second-order valence-corrected chi connectivity index (χ2v) is 32.6. The molecule has 0 rings (SSSR count). The van der Waals surface area contributed by atoms with Crippen molar-refractivity contribution in [1.29, 1.82) is 0 Å². The van der Waals surface area contributed by atoms with Gasteiger partial charge in [0.1, 0.15) is 19.3 Å². The van der Waals surface area contributed by atoms with Gasteiger partial charge in [-0.05, 0) is 43.4 Å². The van der Waals surface area contributed by atoms with Crippen LogP contribution in [0.4, 0.5) is 0 Å². The maximum absolute atomic E-state index is 13.1. The molecule has 0 saturated carbocycles. The smallest absolute Gasteiger partial charge is 0.462 e. The molecule has 0 aliphatic heterocycles. The van der Waals surface area contributed by atoms with Crippen LogP contribution in [0.2, 0.25) is 0 Å². The zero-order chi connectivity index (χ0) is 72.3. The molecule has 19 heteroatoms. The molecule has 6 atom stereocenters. The van der Waals surface area contributed by atoms with E-state index in [4.69, 9.17) is 37.0 Å². The summed E-state index contributed by atoms with van der Waals surface area (Å²) in [6.45, 7) is 12.0. The molecule has 0 bridgehead atoms. The van der Waals surface area contributed by atoms with E-state index in [-0.39, 0.29) is 25.7 Å². The third-order valence-electron chi connectivity index (χ3n) is 18.7. The Morgan fingerprint density at radius 2 is 0.520 bits per heavy atom. The molecule has 0 aliphatic rings. The van der Waals surface area contributed by atoms with E-state index in [1.54, 1.807) is 0 Å². The van der Waals surface area contributed by atoms with Gasteiger partial charge in [-0.15, -0.1) is 0 Å². The van der Waals surface area contributed by atoms with Gasteiger partial charge in [0.15, 0.2) is 12.2 Å². The lowest BCUT2D eigenvalue weighted by molar-refractivity contribution is -0.161. The van der Waals surface area contributed by atoms with E-state index in [0.717, 1.165) is 108 Å². The van der Waals surface area contributed by atoms with Gasteiger partial charge in [0.2, 0.25) is 0 Å². The standard InChI is InChI=1S/C79H154O17P2/c1-8-10-11-12-13-14-31-39-46-53-60-76(81)89-67-75(96-79(84)63-56-49-42-35-34-38-45-52-59-72(7)9-2)69-94-98(87,88)92-65-73(80)64-91-97(85,86)93-68-74(95-78(83)62-55-48-41-33-28-24-20-16-18-22-26-30-37-44-51-58-71(5)6)66-90-77(82)61-54-47-40-32-27-23-19-15-17-21-25-29-36-43-50-57-70(3)4/h70-75,80H,8-69H2,1-7H3,(H,85,86)(H,87,88)/t72?,73-,74-,75-/m1/s1. The predicted molar refractivity (Wildman–Crippen MR) is 400 cm³/mol. The Morgan fingerprint density at radius 1 is 0.296 bits per heavy atom. The summed E-state index contributed by atoms with van der Waals surface area (Å²) in [6.07, 6.45) is 56.8. The van der Waals surface area contributed by atoms with Crippen molar-refractivity contribution in [3.63, 3.8) is 0 Å². The number of hydrogen-bond donors (Lipinski definition) is 3. The van der Waals surface area contributed by atoms with Gasteiger partial charge in [-0.2, -0.15) is 0 Å². The van der Waals surface area contributed by atoms with Crippen LogP contribution in [0.5, 0.6) is 0 Å². The van der Waals surface area contributed by atoms with Gasteiger partial charge in [-0.3, -0.25) is 37.3 Å². The van der Waals surface area contributed by atoms with Crippen molar-refractivity contribution in [1.82, 2.24) is 0 Å². The Morgan fingerprint density at radius 3 is 0.776 bits per heavy atom. The van der Waals surface area contributed by atoms with Crippen molar-refractivity contribution >= 4 is 39.5 Å². The monoisotopic (exact) mass is 1440 g/mol. The van der Waals surface area contributed by atoms with Crippen molar-refractivity contribution in [2.45, 2.75) is 426 Å². The average Bonchev–Trinajstić information content (AvgIpc) is 1.01. The van der Waals surface area contributed by atoms with Gasteiger partial charge in [0.25, 0.3) is 0 Å². The summed E-state index contributed by atoms with van der Waals surface area (Å²) in [6, 6.07) is 0. The molecule has 3 unspecified atom stereocenters. The number of aliphatic hydroxyl groups is 1. The van der Waals surface area contributed by atoms with Crippen LogP contribution in [0.25, 0.3) is 0 Å². The normalized spacial score (nSPS) is 14.3. The fourth-order valence-electron chi connectivity index (χ4n) is 12.1. The van der Waals surface area contributed by atoms with Crippen LogP contribution in [0.15, 0.2) is 0 Å². The van der Waals surface area contributed by atoms with Crippen LogP contribution in [0, 0.1) is 17.8 Å². The number of aliphatic hydroxyl groups excluding tert-OH is 1. The highest BCUT2D eigenvalue weighted by atomic mass is 31.2. The van der Waals surface area contributed by atoms with Crippen molar-refractivity contribution in [2.75, 3.05) is 39.6 Å². The molecule has 0 heterocycles. The average molecular weight is 1440 g/mol. The molecule has 0 saturated heterocycles. The third kappa shape index (κ3) is 71.1. The van der Waals surface area contributed by atoms with Crippen LogP contribution in [-0.4, -0.2) is 96.7 Å². The van der Waals surface area contributed by atoms with Gasteiger partial charge < -0.3 is 33.8 Å². The van der Waals surface area contributed by atoms with Crippen LogP contribution < -0.4 is 0 Å². The Hall–Kier alpha value is -1.94. The highest BCUT2D eigenvalue weighted by molar-refractivity contribution is 7.47. The van der Waals surface area contributed by atoms with E-state index < -0.39 is 97.5 Å². The second-order valence-electron chi connectivity index (χ2n) is 29.6. The maximum Gasteiger partial charge on any atom is 0.472 e. The fraction of sp³-hybridized carbons (Fsp3) is 0.949. The fourth-order valence-corrected chi connectivity index (χ4v) is 13.7. The minimum absolute atomic E-state index is 0.105. The summed E-state index contributed by atoms with van der Waals surface area (Å²) in [5.41, 5.74) is 0. The Balaban J connectivity index is 5.24. The highest BCUT2D eigenvalue weighted by Gasteiger charge is 2.30. The first-order valence-corrected chi connectivity index (χ1v) is 43.9. The maximum atomic E-state index is 13.1. The van der Waals surface area contributed by atoms with E-state index in [1.165, 1.54) is 218 Å². The molecule has 0 fully saturated rings. The summed E-state index contributed by atoms with van der Waals surface area (Å²) < 4.78 is 68.6. The highest BCUT2D eigenvalue weighted by Crippen LogP contribution is 2.45. The number of unbranched alkanes of at least 4 members (excludes halogenated alkanes) is 44. The third-order valence-corrected chi connectivity index (χ3v) is 20.6. The van der Waals surface area contributed by atoms with Gasteiger partial charge in [-0.1, -0.05) is 357 Å². The number of hydrogen-bond acceptors (Lipinski definition) is 15. The molecular weight excluding hydrogens is 1280 g/mol. The van der Waals surface area contributed by atoms with Crippen molar-refractivity contribution < 1.29 is 80.2 Å². The van der Waals surface area contributed by atoms with Crippen molar-refractivity contribution in [2.24, 2.45) is 17.8 Å². The molecule has 0 aromatic carbocycles. The molecule has 17 nitrogen and oxygen atoms in total. The van der Waals surface area contributed by atoms with E-state index in [9.17, 15) is 43.2 Å². The quantitative estimate of drug-likeness (QED) is 0.0222. The summed E-state index contributed by atoms with van der Waals surface area (Å²) in [7, 11) is -9.92. The molecule has 98 heavy (non-hydrogen) atoms. The van der Waals surface area contributed by atoms with Gasteiger partial charge in [0, 0.05) is 25.7 Å². The van der Waals surface area contributed by atoms with E-state index in [2.05, 4.69) is 48.5 Å². The second kappa shape index (κ2) is 69.4. The van der Waals surface area contributed by atoms with Gasteiger partial charge >= 0.3 is 39.5 Å². The van der Waals surface area contributed by atoms with Gasteiger partial charge in [-0.25, -0.2) is 9.13 Å². The first kappa shape index (κ1) is 96.1. The summed E-state index contributed by atoms with van der Waals surface area (Å²) in [5, 5.41) is 10.6. The van der Waals surface area contributed by atoms with Crippen LogP contribution in [-0.2, 0) is 65.4 Å². The zero-order valence-electron chi connectivity index (χ0n) is 64.3. The predicted octanol–water partition coefficient (Wildman–Crippen LogP) is 23.4. The topological polar surface area (TPSA) is 237 Å². The molecule has 0 spiro atoms. The first-order chi connectivity index (χ1) is 47.3. The van der Waals surface area contributed by atoms with E-state index in [0.29, 0.717) is 25.7 Å². The number of esters is 4. The number of rotatable bonds is 77. The van der Waals surface area contributed by atoms with Crippen LogP contribution in [0.3, 0.4) is 0 Å².